The molecule has 0 aliphatic heterocycles. The van der Waals surface area contributed by atoms with Crippen LogP contribution >= 0.6 is 0 Å². The number of benzene rings is 7. The lowest BCUT2D eigenvalue weighted by Gasteiger charge is -2.12. The van der Waals surface area contributed by atoms with Crippen LogP contribution in [0.15, 0.2) is 210 Å². The minimum atomic E-state index is -5.16. The highest BCUT2D eigenvalue weighted by Crippen LogP contribution is 2.43. The lowest BCUT2D eigenvalue weighted by molar-refractivity contribution is 0.466. The molecule has 0 atom stereocenters. The van der Waals surface area contributed by atoms with E-state index in [4.69, 9.17) is 0 Å². The number of azo groups is 4. The molecule has 36 heteroatoms. The van der Waals surface area contributed by atoms with E-state index in [1.807, 2.05) is 0 Å². The van der Waals surface area contributed by atoms with Gasteiger partial charge in [-0.1, -0.05) is 30.4 Å². The van der Waals surface area contributed by atoms with E-state index in [-0.39, 0.29) is 63.0 Å². The average molecular weight is 1330 g/mol. The highest BCUT2D eigenvalue weighted by molar-refractivity contribution is 7.87. The Morgan fingerprint density at radius 2 is 1.15 bits per heavy atom. The summed E-state index contributed by atoms with van der Waals surface area (Å²) in [6, 6.07) is 16.9. The molecule has 0 fully saturated rings. The van der Waals surface area contributed by atoms with Gasteiger partial charge in [0.05, 0.1) is 50.5 Å². The Kier molecular flexibility index (Phi) is 17.4. The summed E-state index contributed by atoms with van der Waals surface area (Å²) in [6.07, 6.45) is 9.15. The van der Waals surface area contributed by atoms with Crippen LogP contribution in [-0.4, -0.2) is 104 Å². The number of hydrogen-bond acceptors (Lipinski definition) is 23. The summed E-state index contributed by atoms with van der Waals surface area (Å²) < 4.78 is 206. The summed E-state index contributed by atoms with van der Waals surface area (Å²) in [7, 11) is -30.3. The Morgan fingerprint density at radius 3 is 1.74 bits per heavy atom. The molecule has 0 saturated heterocycles. The topological polar surface area (TPSA) is 476 Å². The fourth-order valence-corrected chi connectivity index (χ4v) is 12.8. The molecular weight excluding hydrogens is 1290 g/mol. The van der Waals surface area contributed by atoms with Crippen molar-refractivity contribution in [1.29, 1.82) is 0 Å². The SMILES string of the molecule is C=C(C)/C=C(\C=C/C/N=N\c1ccc(/N=N\c2cc3c(S(=O)(=O)O)cc(S(=O)(=O)O)cc3cc2S(=O)(=O)O)cc1)N=Nc1cc(C)c(/N=N\c2c(S(=O)(=O)O)cc3c(c2O)C=CC(n2nc4ccc5c(S(=O)(=O)O)cc(S(=O)(=O)O)cc5c4n2)=CC3)cc1C. The van der Waals surface area contributed by atoms with Crippen molar-refractivity contribution in [3.05, 3.63) is 161 Å². The van der Waals surface area contributed by atoms with Crippen molar-refractivity contribution >= 4 is 139 Å². The van der Waals surface area contributed by atoms with Crippen LogP contribution in [0.4, 0.5) is 34.1 Å². The number of aryl methyl sites for hydroxylation is 2. The van der Waals surface area contributed by atoms with Gasteiger partial charge in [0.25, 0.3) is 60.7 Å². The molecule has 1 aromatic heterocycles. The molecule has 1 aliphatic rings. The van der Waals surface area contributed by atoms with E-state index >= 15 is 0 Å². The number of phenolic OH excluding ortho intramolecular Hbond substituents is 1. The molecule has 30 nitrogen and oxygen atoms in total. The number of fused-ring (bicyclic) bond motifs is 5. The normalized spacial score (nSPS) is 14.2. The van der Waals surface area contributed by atoms with Gasteiger partial charge in [-0.3, -0.25) is 27.3 Å². The van der Waals surface area contributed by atoms with Crippen LogP contribution < -0.4 is 0 Å². The molecule has 7 N–H and O–H groups in total. The number of allylic oxidation sites excluding steroid dienone is 6. The Morgan fingerprint density at radius 1 is 0.573 bits per heavy atom. The molecule has 0 radical (unpaired) electrons. The van der Waals surface area contributed by atoms with E-state index in [9.17, 15) is 82.9 Å². The van der Waals surface area contributed by atoms with E-state index in [1.165, 1.54) is 54.6 Å². The van der Waals surface area contributed by atoms with Gasteiger partial charge in [0.1, 0.15) is 42.0 Å². The first-order valence-electron chi connectivity index (χ1n) is 24.9. The van der Waals surface area contributed by atoms with Gasteiger partial charge in [-0.25, -0.2) is 0 Å². The smallest absolute Gasteiger partial charge is 0.296 e. The van der Waals surface area contributed by atoms with Gasteiger partial charge >= 0.3 is 0 Å². The van der Waals surface area contributed by atoms with Gasteiger partial charge in [-0.15, -0.1) is 20.4 Å². The van der Waals surface area contributed by atoms with Gasteiger partial charge < -0.3 is 5.11 Å². The van der Waals surface area contributed by atoms with E-state index in [1.54, 1.807) is 51.1 Å². The first-order valence-corrected chi connectivity index (χ1v) is 33.5. The zero-order valence-corrected chi connectivity index (χ0v) is 50.5. The lowest BCUT2D eigenvalue weighted by Crippen LogP contribution is -2.05. The van der Waals surface area contributed by atoms with Crippen LogP contribution in [0.3, 0.4) is 0 Å². The number of hydrogen-bond donors (Lipinski definition) is 7. The molecule has 0 saturated carbocycles. The molecule has 0 bridgehead atoms. The van der Waals surface area contributed by atoms with Gasteiger partial charge in [0, 0.05) is 21.7 Å². The van der Waals surface area contributed by atoms with Crippen LogP contribution in [0.2, 0.25) is 0 Å². The molecule has 8 aromatic rings. The number of rotatable bonds is 18. The Labute approximate surface area is 505 Å². The highest BCUT2D eigenvalue weighted by atomic mass is 32.2. The van der Waals surface area contributed by atoms with Crippen LogP contribution in [0.25, 0.3) is 44.4 Å². The second-order valence-electron chi connectivity index (χ2n) is 19.3. The zero-order valence-electron chi connectivity index (χ0n) is 45.6. The first-order chi connectivity index (χ1) is 41.4. The van der Waals surface area contributed by atoms with Crippen molar-refractivity contribution in [3.63, 3.8) is 0 Å². The van der Waals surface area contributed by atoms with Gasteiger partial charge in [-0.05, 0) is 159 Å². The fourth-order valence-electron chi connectivity index (χ4n) is 8.77. The Hall–Kier alpha value is -9.18. The van der Waals surface area contributed by atoms with Crippen molar-refractivity contribution in [2.45, 2.75) is 56.6 Å². The summed E-state index contributed by atoms with van der Waals surface area (Å²) in [5.41, 5.74) is 2.44. The second-order valence-corrected chi connectivity index (χ2v) is 27.7. The monoisotopic (exact) mass is 1330 g/mol. The molecular formula is C53H43N11O19S6. The summed E-state index contributed by atoms with van der Waals surface area (Å²) in [5, 5.41) is 52.5. The summed E-state index contributed by atoms with van der Waals surface area (Å²) in [4.78, 5) is -4.26. The van der Waals surface area contributed by atoms with Crippen molar-refractivity contribution in [1.82, 2.24) is 15.0 Å². The maximum absolute atomic E-state index is 12.8. The fraction of sp³-hybridized carbons (Fsp3) is 0.0943. The summed E-state index contributed by atoms with van der Waals surface area (Å²) in [6.45, 7) is 9.02. The Bertz CT molecular complexity index is 5370. The maximum atomic E-state index is 12.8. The highest BCUT2D eigenvalue weighted by Gasteiger charge is 2.28. The maximum Gasteiger partial charge on any atom is 0.296 e. The molecule has 7 aromatic carbocycles. The third-order valence-corrected chi connectivity index (χ3v) is 18.1. The van der Waals surface area contributed by atoms with Crippen molar-refractivity contribution in [2.75, 3.05) is 6.54 Å². The van der Waals surface area contributed by atoms with Crippen molar-refractivity contribution in [2.24, 2.45) is 40.9 Å². The van der Waals surface area contributed by atoms with E-state index in [0.29, 0.717) is 52.0 Å². The van der Waals surface area contributed by atoms with Crippen molar-refractivity contribution in [3.8, 4) is 5.75 Å². The zero-order chi connectivity index (χ0) is 64.9. The molecule has 9 rings (SSSR count). The van der Waals surface area contributed by atoms with Gasteiger partial charge in [0.15, 0.2) is 5.75 Å². The number of phenols is 1. The van der Waals surface area contributed by atoms with Gasteiger partial charge in [0.2, 0.25) is 0 Å². The number of aromatic nitrogens is 3. The molecule has 1 aliphatic carbocycles. The molecule has 0 spiro atoms. The molecule has 0 unspecified atom stereocenters. The quantitative estimate of drug-likeness (QED) is 0.0238. The van der Waals surface area contributed by atoms with Gasteiger partial charge in [-0.2, -0.15) is 86.0 Å². The van der Waals surface area contributed by atoms with E-state index in [0.717, 1.165) is 29.1 Å². The second kappa shape index (κ2) is 24.1. The predicted molar refractivity (Wildman–Crippen MR) is 320 cm³/mol. The van der Waals surface area contributed by atoms with Crippen molar-refractivity contribution < 1.29 is 82.9 Å². The average Bonchev–Trinajstić information content (AvgIpc) is 1.76. The first kappa shape index (κ1) is 64.3. The standard InChI is InChI=1S/C53H43N11O19S6/c1-28(2)18-35(6-5-17-54-55-33-8-10-34(11-9-33)56-60-46-27-41-32(23-49(46)88(78,79)80)21-37(84(66,67)68)25-48(41)87(75,76)77)57-58-44-19-30(4)45(20-29(44)3)59-61-52-50(89(81,82)83)22-31-7-12-36(13-14-39(31)53(52)65)64-62-43-16-15-40-42(51(43)63-64)24-38(85(69,70)71)26-47(40)86(72,73)74/h5-6,8-16,18-27,65H,1,7,17H2,2-4H3,(H,66,67,68)(H,69,70,71)(H,72,73,74)(H,75,76,77)(H,78,79,80)(H,81,82,83)/b6-5-,35-18+,55-54-,58-57?,60-56-,61-59-. The summed E-state index contributed by atoms with van der Waals surface area (Å²) in [5.74, 6) is -0.677. The largest absolute Gasteiger partial charge is 0.505 e. The predicted octanol–water partition coefficient (Wildman–Crippen LogP) is 11.4. The number of aromatic hydroxyl groups is 1. The number of nitrogens with zero attached hydrogens (tertiary/aromatic N) is 11. The Balaban J connectivity index is 0.893. The molecule has 0 amide bonds. The lowest BCUT2D eigenvalue weighted by atomic mass is 10.0. The van der Waals surface area contributed by atoms with Crippen LogP contribution in [0, 0.1) is 13.8 Å². The van der Waals surface area contributed by atoms with Crippen LogP contribution in [0.1, 0.15) is 29.2 Å². The minimum Gasteiger partial charge on any atom is -0.505 e. The molecule has 460 valence electrons. The molecule has 89 heavy (non-hydrogen) atoms. The van der Waals surface area contributed by atoms with E-state index < -0.39 is 118 Å². The minimum absolute atomic E-state index is 0.0339. The third-order valence-electron chi connectivity index (χ3n) is 12.9. The molecule has 1 heterocycles. The van der Waals surface area contributed by atoms with Crippen LogP contribution in [-0.2, 0) is 67.1 Å². The third kappa shape index (κ3) is 14.5. The summed E-state index contributed by atoms with van der Waals surface area (Å²) >= 11 is 0. The van der Waals surface area contributed by atoms with Crippen LogP contribution in [0.5, 0.6) is 5.75 Å². The van der Waals surface area contributed by atoms with E-state index in [2.05, 4.69) is 57.7 Å².